The summed E-state index contributed by atoms with van der Waals surface area (Å²) < 4.78 is 1.14. The number of nitrogens with one attached hydrogen (secondary N) is 3. The van der Waals surface area contributed by atoms with Crippen molar-refractivity contribution in [1.29, 1.82) is 0 Å². The van der Waals surface area contributed by atoms with E-state index in [4.69, 9.17) is 0 Å². The monoisotopic (exact) mass is 451 g/mol. The molecule has 0 aliphatic carbocycles. The Kier molecular flexibility index (Phi) is 6.41. The largest absolute Gasteiger partial charge is 0.376 e. The molecule has 0 aliphatic heterocycles. The number of benzene rings is 2. The van der Waals surface area contributed by atoms with E-state index in [1.165, 1.54) is 0 Å². The number of hydrogen-bond acceptors (Lipinski definition) is 3. The Morgan fingerprint density at radius 1 is 1.00 bits per heavy atom. The third-order valence-corrected chi connectivity index (χ3v) is 3.91. The molecule has 0 saturated carbocycles. The first-order chi connectivity index (χ1) is 11.7. The topological polar surface area (TPSA) is 70.2 Å². The van der Waals surface area contributed by atoms with Crippen LogP contribution < -0.4 is 16.0 Å². The molecule has 2 amide bonds. The molecule has 2 rings (SSSR count). The minimum atomic E-state index is -0.312. The zero-order valence-corrected chi connectivity index (χ0v) is 16.7. The quantitative estimate of drug-likeness (QED) is 0.605. The number of hydrogen-bond donors (Lipinski definition) is 3. The lowest BCUT2D eigenvalue weighted by atomic mass is 10.1. The fourth-order valence-corrected chi connectivity index (χ4v) is 2.47. The van der Waals surface area contributed by atoms with Crippen LogP contribution in [-0.2, 0) is 4.79 Å². The van der Waals surface area contributed by atoms with Crippen molar-refractivity contribution in [3.8, 4) is 0 Å². The van der Waals surface area contributed by atoms with Crippen LogP contribution in [-0.4, -0.2) is 23.9 Å². The number of amides is 2. The standard InChI is InChI=1S/C19H22IN3O2/c1-19(2,3)23-18(25)13-5-4-6-16(11-13)22-17(24)12-21-15-9-7-14(20)8-10-15/h4-11,21H,12H2,1-3H3,(H,22,24)(H,23,25). The van der Waals surface area contributed by atoms with E-state index < -0.39 is 0 Å². The van der Waals surface area contributed by atoms with E-state index in [0.29, 0.717) is 11.3 Å². The number of rotatable bonds is 5. The van der Waals surface area contributed by atoms with Crippen molar-refractivity contribution < 1.29 is 9.59 Å². The van der Waals surface area contributed by atoms with Crippen LogP contribution in [0, 0.1) is 3.57 Å². The van der Waals surface area contributed by atoms with Crippen molar-refractivity contribution in [2.24, 2.45) is 0 Å². The summed E-state index contributed by atoms with van der Waals surface area (Å²) in [5.74, 6) is -0.340. The Morgan fingerprint density at radius 2 is 1.68 bits per heavy atom. The second kappa shape index (κ2) is 8.33. The van der Waals surface area contributed by atoms with E-state index in [0.717, 1.165) is 9.26 Å². The molecule has 0 radical (unpaired) electrons. The average molecular weight is 451 g/mol. The van der Waals surface area contributed by atoms with Crippen LogP contribution in [0.3, 0.4) is 0 Å². The zero-order chi connectivity index (χ0) is 18.4. The van der Waals surface area contributed by atoms with Gasteiger partial charge in [0, 0.05) is 26.0 Å². The molecule has 0 aromatic heterocycles. The maximum absolute atomic E-state index is 12.2. The van der Waals surface area contributed by atoms with Gasteiger partial charge in [-0.1, -0.05) is 6.07 Å². The molecule has 3 N–H and O–H groups in total. The van der Waals surface area contributed by atoms with Gasteiger partial charge >= 0.3 is 0 Å². The SMILES string of the molecule is CC(C)(C)NC(=O)c1cccc(NC(=O)CNc2ccc(I)cc2)c1. The van der Waals surface area contributed by atoms with Gasteiger partial charge < -0.3 is 16.0 Å². The highest BCUT2D eigenvalue weighted by Crippen LogP contribution is 2.13. The van der Waals surface area contributed by atoms with Crippen LogP contribution in [0.1, 0.15) is 31.1 Å². The highest BCUT2D eigenvalue weighted by Gasteiger charge is 2.15. The van der Waals surface area contributed by atoms with E-state index in [1.54, 1.807) is 24.3 Å². The predicted octanol–water partition coefficient (Wildman–Crippen LogP) is 3.87. The van der Waals surface area contributed by atoms with Gasteiger partial charge in [-0.3, -0.25) is 9.59 Å². The van der Waals surface area contributed by atoms with Gasteiger partial charge in [0.2, 0.25) is 5.91 Å². The second-order valence-electron chi connectivity index (χ2n) is 6.69. The first-order valence-corrected chi connectivity index (χ1v) is 9.03. The summed E-state index contributed by atoms with van der Waals surface area (Å²) in [4.78, 5) is 24.3. The summed E-state index contributed by atoms with van der Waals surface area (Å²) in [6.45, 7) is 5.92. The van der Waals surface area contributed by atoms with E-state index in [9.17, 15) is 9.59 Å². The average Bonchev–Trinajstić information content (AvgIpc) is 2.53. The molecule has 0 saturated heterocycles. The summed E-state index contributed by atoms with van der Waals surface area (Å²) in [7, 11) is 0. The van der Waals surface area contributed by atoms with Gasteiger partial charge in [0.1, 0.15) is 0 Å². The smallest absolute Gasteiger partial charge is 0.251 e. The van der Waals surface area contributed by atoms with Crippen LogP contribution in [0.4, 0.5) is 11.4 Å². The first-order valence-electron chi connectivity index (χ1n) is 7.95. The lowest BCUT2D eigenvalue weighted by Gasteiger charge is -2.20. The molecule has 25 heavy (non-hydrogen) atoms. The Hall–Kier alpha value is -2.09. The molecular weight excluding hydrogens is 429 g/mol. The molecule has 0 atom stereocenters. The van der Waals surface area contributed by atoms with Crippen LogP contribution in [0.15, 0.2) is 48.5 Å². The highest BCUT2D eigenvalue weighted by molar-refractivity contribution is 14.1. The van der Waals surface area contributed by atoms with Gasteiger partial charge in [-0.25, -0.2) is 0 Å². The van der Waals surface area contributed by atoms with Gasteiger partial charge in [0.05, 0.1) is 6.54 Å². The number of anilines is 2. The lowest BCUT2D eigenvalue weighted by molar-refractivity contribution is -0.114. The summed E-state index contributed by atoms with van der Waals surface area (Å²) in [6, 6.07) is 14.7. The van der Waals surface area contributed by atoms with Crippen LogP contribution in [0.2, 0.25) is 0 Å². The van der Waals surface area contributed by atoms with E-state index in [-0.39, 0.29) is 23.9 Å². The minimum absolute atomic E-state index is 0.152. The normalized spacial score (nSPS) is 10.9. The molecule has 0 heterocycles. The molecule has 5 nitrogen and oxygen atoms in total. The van der Waals surface area contributed by atoms with Gasteiger partial charge in [-0.2, -0.15) is 0 Å². The third-order valence-electron chi connectivity index (χ3n) is 3.19. The van der Waals surface area contributed by atoms with Crippen LogP contribution >= 0.6 is 22.6 Å². The predicted molar refractivity (Wildman–Crippen MR) is 110 cm³/mol. The Balaban J connectivity index is 1.93. The van der Waals surface area contributed by atoms with Crippen LogP contribution in [0.25, 0.3) is 0 Å². The summed E-state index contributed by atoms with van der Waals surface area (Å²) in [5.41, 5.74) is 1.68. The van der Waals surface area contributed by atoms with E-state index in [1.807, 2.05) is 45.0 Å². The molecule has 2 aromatic carbocycles. The van der Waals surface area contributed by atoms with Crippen molar-refractivity contribution in [2.75, 3.05) is 17.2 Å². The molecule has 0 unspecified atom stereocenters. The van der Waals surface area contributed by atoms with E-state index in [2.05, 4.69) is 38.5 Å². The van der Waals surface area contributed by atoms with Crippen LogP contribution in [0.5, 0.6) is 0 Å². The Labute approximate surface area is 161 Å². The molecule has 0 aliphatic rings. The summed E-state index contributed by atoms with van der Waals surface area (Å²) in [5, 5.41) is 8.77. The second-order valence-corrected chi connectivity index (χ2v) is 7.94. The number of carbonyl (C=O) groups excluding carboxylic acids is 2. The Morgan fingerprint density at radius 3 is 2.32 bits per heavy atom. The maximum Gasteiger partial charge on any atom is 0.251 e. The maximum atomic E-state index is 12.2. The lowest BCUT2D eigenvalue weighted by Crippen LogP contribution is -2.40. The number of halogens is 1. The number of carbonyl (C=O) groups is 2. The highest BCUT2D eigenvalue weighted by atomic mass is 127. The molecule has 6 heteroatoms. The molecule has 0 spiro atoms. The minimum Gasteiger partial charge on any atom is -0.376 e. The van der Waals surface area contributed by atoms with Crippen molar-refractivity contribution in [3.63, 3.8) is 0 Å². The third kappa shape index (κ3) is 6.74. The van der Waals surface area contributed by atoms with Crippen molar-refractivity contribution in [2.45, 2.75) is 26.3 Å². The first kappa shape index (κ1) is 19.2. The van der Waals surface area contributed by atoms with Gasteiger partial charge in [-0.05, 0) is 85.8 Å². The molecule has 0 bridgehead atoms. The Bertz CT molecular complexity index is 752. The van der Waals surface area contributed by atoms with E-state index >= 15 is 0 Å². The van der Waals surface area contributed by atoms with Gasteiger partial charge in [0.25, 0.3) is 5.91 Å². The summed E-state index contributed by atoms with van der Waals surface area (Å²) >= 11 is 2.23. The summed E-state index contributed by atoms with van der Waals surface area (Å²) in [6.07, 6.45) is 0. The van der Waals surface area contributed by atoms with Crippen molar-refractivity contribution >= 4 is 45.8 Å². The molecular formula is C19H22IN3O2. The van der Waals surface area contributed by atoms with Gasteiger partial charge in [0.15, 0.2) is 0 Å². The molecule has 132 valence electrons. The van der Waals surface area contributed by atoms with Gasteiger partial charge in [-0.15, -0.1) is 0 Å². The van der Waals surface area contributed by atoms with Crippen molar-refractivity contribution in [3.05, 3.63) is 57.7 Å². The van der Waals surface area contributed by atoms with Crippen molar-refractivity contribution in [1.82, 2.24) is 5.32 Å². The fourth-order valence-electron chi connectivity index (χ4n) is 2.11. The fraction of sp³-hybridized carbons (Fsp3) is 0.263. The zero-order valence-electron chi connectivity index (χ0n) is 14.5. The molecule has 0 fully saturated rings. The molecule has 2 aromatic rings.